The highest BCUT2D eigenvalue weighted by Gasteiger charge is 2.27. The van der Waals surface area contributed by atoms with Crippen molar-refractivity contribution in [1.29, 1.82) is 0 Å². The molecule has 2 rings (SSSR count). The van der Waals surface area contributed by atoms with E-state index >= 15 is 0 Å². The van der Waals surface area contributed by atoms with Gasteiger partial charge in [0.1, 0.15) is 12.4 Å². The van der Waals surface area contributed by atoms with Gasteiger partial charge in [0, 0.05) is 19.2 Å². The molecule has 1 aromatic rings. The molecule has 1 aliphatic heterocycles. The van der Waals surface area contributed by atoms with Crippen molar-refractivity contribution in [2.24, 2.45) is 0 Å². The molecule has 0 bridgehead atoms. The van der Waals surface area contributed by atoms with Gasteiger partial charge < -0.3 is 9.88 Å². The van der Waals surface area contributed by atoms with Gasteiger partial charge in [-0.3, -0.25) is 10.1 Å². The van der Waals surface area contributed by atoms with E-state index in [4.69, 9.17) is 0 Å². The molecule has 1 aromatic heterocycles. The second kappa shape index (κ2) is 9.57. The first-order valence-electron chi connectivity index (χ1n) is 9.14. The van der Waals surface area contributed by atoms with Gasteiger partial charge in [-0.2, -0.15) is 13.2 Å². The Labute approximate surface area is 166 Å². The van der Waals surface area contributed by atoms with Crippen LogP contribution in [-0.4, -0.2) is 60.2 Å². The zero-order valence-electron chi connectivity index (χ0n) is 15.9. The number of rotatable bonds is 11. The van der Waals surface area contributed by atoms with Gasteiger partial charge >= 0.3 is 12.2 Å². The predicted molar refractivity (Wildman–Crippen MR) is 97.3 cm³/mol. The number of imidazole rings is 1. The Morgan fingerprint density at radius 2 is 2.00 bits per heavy atom. The van der Waals surface area contributed by atoms with Crippen molar-refractivity contribution in [3.05, 3.63) is 17.7 Å². The Bertz CT molecular complexity index is 825. The molecule has 164 valence electrons. The molecule has 1 unspecified atom stereocenters. The van der Waals surface area contributed by atoms with Crippen molar-refractivity contribution in [2.45, 2.75) is 51.2 Å². The molecule has 0 spiro atoms. The summed E-state index contributed by atoms with van der Waals surface area (Å²) in [7, 11) is -3.60. The summed E-state index contributed by atoms with van der Waals surface area (Å²) in [6.07, 6.45) is -2.79. The number of unbranched alkanes of at least 4 members (excludes halogenated alkanes) is 2. The third-order valence-electron chi connectivity index (χ3n) is 4.33. The predicted octanol–water partition coefficient (Wildman–Crippen LogP) is 1.61. The Kier molecular flexibility index (Phi) is 7.63. The largest absolute Gasteiger partial charge is 0.389 e. The molecule has 1 fully saturated rings. The van der Waals surface area contributed by atoms with Crippen LogP contribution in [0.5, 0.6) is 0 Å². The number of aromatic amines is 1. The third-order valence-corrected chi connectivity index (χ3v) is 5.86. The number of aryl methyl sites for hydroxylation is 1. The van der Waals surface area contributed by atoms with E-state index in [0.717, 1.165) is 0 Å². The minimum absolute atomic E-state index is 0.0192. The van der Waals surface area contributed by atoms with Gasteiger partial charge in [-0.05, 0) is 19.8 Å². The average molecular weight is 439 g/mol. The number of urea groups is 1. The maximum Gasteiger partial charge on any atom is 0.389 e. The normalized spacial score (nSPS) is 16.3. The van der Waals surface area contributed by atoms with E-state index in [9.17, 15) is 31.2 Å². The van der Waals surface area contributed by atoms with Crippen LogP contribution in [0, 0.1) is 0 Å². The fraction of sp³-hybridized carbons (Fsp3) is 0.688. The number of nitrogens with one attached hydrogen (secondary N) is 3. The first-order valence-corrected chi connectivity index (χ1v) is 10.8. The van der Waals surface area contributed by atoms with Gasteiger partial charge in [-0.25, -0.2) is 22.9 Å². The molecule has 2 heterocycles. The molecule has 0 aromatic carbocycles. The Hall–Kier alpha value is -2.15. The summed E-state index contributed by atoms with van der Waals surface area (Å²) >= 11 is 0. The van der Waals surface area contributed by atoms with E-state index in [-0.39, 0.29) is 30.5 Å². The van der Waals surface area contributed by atoms with Crippen LogP contribution in [0.4, 0.5) is 18.0 Å². The Balaban J connectivity index is 1.71. The number of carbonyl (C=O) groups is 2. The lowest BCUT2D eigenvalue weighted by molar-refractivity contribution is -0.134. The van der Waals surface area contributed by atoms with Crippen LogP contribution in [0.2, 0.25) is 0 Å². The van der Waals surface area contributed by atoms with Gasteiger partial charge in [0.2, 0.25) is 15.9 Å². The summed E-state index contributed by atoms with van der Waals surface area (Å²) in [4.78, 5) is 30.4. The van der Waals surface area contributed by atoms with E-state index in [0.29, 0.717) is 31.5 Å². The lowest BCUT2D eigenvalue weighted by Gasteiger charge is -2.14. The monoisotopic (exact) mass is 439 g/mol. The van der Waals surface area contributed by atoms with E-state index in [1.54, 1.807) is 6.92 Å². The van der Waals surface area contributed by atoms with Crippen molar-refractivity contribution in [1.82, 2.24) is 24.9 Å². The topological polar surface area (TPSA) is 124 Å². The minimum atomic E-state index is -4.28. The van der Waals surface area contributed by atoms with Gasteiger partial charge in [0.05, 0.1) is 23.9 Å². The van der Waals surface area contributed by atoms with Gasteiger partial charge in [0.25, 0.3) is 0 Å². The lowest BCUT2D eigenvalue weighted by Crippen LogP contribution is -2.30. The van der Waals surface area contributed by atoms with Crippen molar-refractivity contribution in [2.75, 3.05) is 18.8 Å². The number of amides is 3. The smallest absolute Gasteiger partial charge is 0.345 e. The number of H-pyrrole nitrogens is 1. The zero-order valence-corrected chi connectivity index (χ0v) is 16.7. The second-order valence-corrected chi connectivity index (χ2v) is 8.77. The Morgan fingerprint density at radius 1 is 1.28 bits per heavy atom. The molecule has 1 atom stereocenters. The highest BCUT2D eigenvalue weighted by atomic mass is 32.2. The number of sulfonamides is 1. The molecule has 0 aliphatic carbocycles. The van der Waals surface area contributed by atoms with E-state index < -0.39 is 34.7 Å². The summed E-state index contributed by atoms with van der Waals surface area (Å²) in [5.41, 5.74) is 0.385. The lowest BCUT2D eigenvalue weighted by atomic mass is 10.2. The molecule has 3 N–H and O–H groups in total. The number of alkyl halides is 3. The van der Waals surface area contributed by atoms with E-state index in [1.165, 1.54) is 11.1 Å². The first kappa shape index (κ1) is 23.1. The summed E-state index contributed by atoms with van der Waals surface area (Å²) in [6, 6.07) is -1.10. The number of aromatic nitrogens is 2. The molecule has 13 heteroatoms. The SMILES string of the molecule is CC(NS(=O)(=O)CCCCCN1CC(=O)NC1=O)c1cnc(CCC(F)(F)F)[nH]1. The van der Waals surface area contributed by atoms with Crippen molar-refractivity contribution < 1.29 is 31.2 Å². The fourth-order valence-electron chi connectivity index (χ4n) is 2.81. The number of halogens is 3. The van der Waals surface area contributed by atoms with Crippen LogP contribution in [0.25, 0.3) is 0 Å². The van der Waals surface area contributed by atoms with E-state index in [2.05, 4.69) is 20.0 Å². The van der Waals surface area contributed by atoms with Gasteiger partial charge in [-0.1, -0.05) is 6.42 Å². The summed E-state index contributed by atoms with van der Waals surface area (Å²) in [5, 5.41) is 2.16. The molecular formula is C16H24F3N5O4S. The number of carbonyl (C=O) groups excluding carboxylic acids is 2. The fourth-order valence-corrected chi connectivity index (χ4v) is 4.18. The maximum atomic E-state index is 12.3. The highest BCUT2D eigenvalue weighted by Crippen LogP contribution is 2.22. The van der Waals surface area contributed by atoms with Crippen LogP contribution < -0.4 is 10.0 Å². The van der Waals surface area contributed by atoms with Crippen molar-refractivity contribution >= 4 is 22.0 Å². The third kappa shape index (κ3) is 8.01. The van der Waals surface area contributed by atoms with Crippen molar-refractivity contribution in [3.63, 3.8) is 0 Å². The van der Waals surface area contributed by atoms with Crippen LogP contribution in [0.1, 0.15) is 50.2 Å². The van der Waals surface area contributed by atoms with Crippen LogP contribution in [0.3, 0.4) is 0 Å². The average Bonchev–Trinajstić information content (AvgIpc) is 3.18. The molecule has 9 nitrogen and oxygen atoms in total. The van der Waals surface area contributed by atoms with Crippen molar-refractivity contribution in [3.8, 4) is 0 Å². The Morgan fingerprint density at radius 3 is 2.62 bits per heavy atom. The molecule has 1 aliphatic rings. The molecule has 3 amide bonds. The molecule has 0 saturated carbocycles. The number of hydrogen-bond donors (Lipinski definition) is 3. The molecule has 1 saturated heterocycles. The van der Waals surface area contributed by atoms with Gasteiger partial charge in [-0.15, -0.1) is 0 Å². The van der Waals surface area contributed by atoms with Crippen LogP contribution in [0.15, 0.2) is 6.20 Å². The first-order chi connectivity index (χ1) is 13.5. The quantitative estimate of drug-likeness (QED) is 0.357. The number of nitrogens with zero attached hydrogens (tertiary/aromatic N) is 2. The van der Waals surface area contributed by atoms with Crippen LogP contribution in [-0.2, 0) is 21.2 Å². The van der Waals surface area contributed by atoms with Crippen LogP contribution >= 0.6 is 0 Å². The summed E-state index contributed by atoms with van der Waals surface area (Å²) < 4.78 is 63.6. The molecule has 0 radical (unpaired) electrons. The zero-order chi connectivity index (χ0) is 21.7. The second-order valence-electron chi connectivity index (χ2n) is 6.89. The number of imide groups is 1. The molecular weight excluding hydrogens is 415 g/mol. The highest BCUT2D eigenvalue weighted by molar-refractivity contribution is 7.89. The number of hydrogen-bond acceptors (Lipinski definition) is 5. The standard InChI is InChI=1S/C16H24F3N5O4S/c1-11(12-9-20-13(21-12)5-6-16(17,18)19)23-29(27,28)8-4-2-3-7-24-10-14(25)22-15(24)26/h9,11,23H,2-8,10H2,1H3,(H,20,21)(H,22,25,26). The minimum Gasteiger partial charge on any atom is -0.345 e. The summed E-state index contributed by atoms with van der Waals surface area (Å²) in [6.45, 7) is 1.96. The molecule has 29 heavy (non-hydrogen) atoms. The van der Waals surface area contributed by atoms with E-state index in [1.807, 2.05) is 0 Å². The summed E-state index contributed by atoms with van der Waals surface area (Å²) in [5.74, 6) is -0.332. The maximum absolute atomic E-state index is 12.3. The van der Waals surface area contributed by atoms with Gasteiger partial charge in [0.15, 0.2) is 0 Å².